The monoisotopic (exact) mass is 754 g/mol. The zero-order chi connectivity index (χ0) is 38.7. The van der Waals surface area contributed by atoms with Gasteiger partial charge < -0.3 is 19.3 Å². The minimum atomic E-state index is -0.623. The lowest BCUT2D eigenvalue weighted by Crippen LogP contribution is -2.61. The number of amides is 2. The lowest BCUT2D eigenvalue weighted by Gasteiger charge is -2.52. The van der Waals surface area contributed by atoms with Crippen molar-refractivity contribution in [2.45, 2.75) is 52.6 Å². The number of nitrogens with zero attached hydrogens (tertiary/aromatic N) is 8. The van der Waals surface area contributed by atoms with Crippen LogP contribution in [0.3, 0.4) is 0 Å². The Hall–Kier alpha value is -6.44. The predicted octanol–water partition coefficient (Wildman–Crippen LogP) is 6.44. The molecular formula is C42H46N10O4. The standard InChI is InChI=1S/C42H46N10O4/c1-3-23-51(27-29-15-19-33(20-16-29)55-31-11-7-5-8-12-31)41(53)39-35(25-37-43-47-48-44-37)36(26-38-45-49-50-46-38)40(39)42(54)52(24-4-2)28-30-17-21-34(22-18-30)56-32-13-9-6-10-14-32/h5-22,35-36,39-40H,3-4,23-28H2,1-2H3,(H,43,44,47,48)(H,45,46,49,50)/t35-,36-,39-,40-/m1/s1. The van der Waals surface area contributed by atoms with E-state index in [1.807, 2.05) is 119 Å². The molecule has 6 aromatic rings. The van der Waals surface area contributed by atoms with Crippen LogP contribution in [0.5, 0.6) is 23.0 Å². The number of hydrogen-bond donors (Lipinski definition) is 2. The van der Waals surface area contributed by atoms with Crippen LogP contribution in [0.2, 0.25) is 0 Å². The third-order valence-electron chi connectivity index (χ3n) is 10.2. The summed E-state index contributed by atoms with van der Waals surface area (Å²) in [7, 11) is 0. The third-order valence-corrected chi connectivity index (χ3v) is 10.2. The van der Waals surface area contributed by atoms with Crippen molar-refractivity contribution in [3.8, 4) is 23.0 Å². The van der Waals surface area contributed by atoms with Gasteiger partial charge in [-0.3, -0.25) is 9.59 Å². The van der Waals surface area contributed by atoms with Gasteiger partial charge in [0.25, 0.3) is 0 Å². The van der Waals surface area contributed by atoms with Gasteiger partial charge in [-0.15, -0.1) is 10.2 Å². The van der Waals surface area contributed by atoms with Gasteiger partial charge in [-0.25, -0.2) is 10.2 Å². The van der Waals surface area contributed by atoms with Crippen molar-refractivity contribution in [3.63, 3.8) is 0 Å². The Morgan fingerprint density at radius 2 is 0.929 bits per heavy atom. The third kappa shape index (κ3) is 9.25. The van der Waals surface area contributed by atoms with E-state index >= 15 is 0 Å². The van der Waals surface area contributed by atoms with Crippen LogP contribution in [0, 0.1) is 23.7 Å². The van der Waals surface area contributed by atoms with Gasteiger partial charge in [0.15, 0.2) is 0 Å². The first-order valence-corrected chi connectivity index (χ1v) is 19.2. The van der Waals surface area contributed by atoms with Crippen LogP contribution < -0.4 is 9.47 Å². The van der Waals surface area contributed by atoms with E-state index in [1.165, 1.54) is 0 Å². The fourth-order valence-corrected chi connectivity index (χ4v) is 7.64. The Labute approximate surface area is 325 Å². The maximum absolute atomic E-state index is 15.0. The lowest BCUT2D eigenvalue weighted by molar-refractivity contribution is -0.168. The summed E-state index contributed by atoms with van der Waals surface area (Å²) in [4.78, 5) is 33.7. The molecule has 7 rings (SSSR count). The van der Waals surface area contributed by atoms with Crippen LogP contribution in [-0.2, 0) is 35.5 Å². The van der Waals surface area contributed by atoms with Gasteiger partial charge in [0, 0.05) is 39.0 Å². The van der Waals surface area contributed by atoms with Crippen molar-refractivity contribution in [1.29, 1.82) is 0 Å². The summed E-state index contributed by atoms with van der Waals surface area (Å²) >= 11 is 0. The first-order valence-electron chi connectivity index (χ1n) is 19.2. The molecule has 1 aliphatic rings. The lowest BCUT2D eigenvalue weighted by atomic mass is 9.53. The van der Waals surface area contributed by atoms with Crippen molar-refractivity contribution in [1.82, 2.24) is 51.0 Å². The van der Waals surface area contributed by atoms with E-state index in [2.05, 4.69) is 55.1 Å². The minimum Gasteiger partial charge on any atom is -0.457 e. The number of nitrogens with one attached hydrogen (secondary N) is 2. The fourth-order valence-electron chi connectivity index (χ4n) is 7.64. The molecule has 0 radical (unpaired) electrons. The summed E-state index contributed by atoms with van der Waals surface area (Å²) in [6, 6.07) is 34.8. The maximum atomic E-state index is 15.0. The number of aromatic amines is 2. The Morgan fingerprint density at radius 3 is 1.27 bits per heavy atom. The zero-order valence-corrected chi connectivity index (χ0v) is 31.6. The molecule has 0 spiro atoms. The van der Waals surface area contributed by atoms with Crippen LogP contribution in [-0.4, -0.2) is 76.0 Å². The van der Waals surface area contributed by atoms with Gasteiger partial charge in [0.1, 0.15) is 34.6 Å². The number of rotatable bonds is 18. The number of ether oxygens (including phenoxy) is 2. The molecule has 4 atom stereocenters. The Kier molecular flexibility index (Phi) is 12.3. The highest BCUT2D eigenvalue weighted by Crippen LogP contribution is 2.51. The van der Waals surface area contributed by atoms with E-state index in [1.54, 1.807) is 0 Å². The molecule has 2 amide bonds. The highest BCUT2D eigenvalue weighted by atomic mass is 16.5. The molecule has 2 aromatic heterocycles. The summed E-state index contributed by atoms with van der Waals surface area (Å²) in [5.41, 5.74) is 1.92. The molecule has 56 heavy (non-hydrogen) atoms. The van der Waals surface area contributed by atoms with Crippen LogP contribution in [0.1, 0.15) is 49.5 Å². The minimum absolute atomic E-state index is 0.0712. The van der Waals surface area contributed by atoms with E-state index in [4.69, 9.17) is 9.47 Å². The van der Waals surface area contributed by atoms with Crippen LogP contribution in [0.4, 0.5) is 0 Å². The summed E-state index contributed by atoms with van der Waals surface area (Å²) < 4.78 is 12.0. The molecule has 14 heteroatoms. The molecule has 4 aromatic carbocycles. The van der Waals surface area contributed by atoms with E-state index in [-0.39, 0.29) is 23.7 Å². The molecule has 1 fully saturated rings. The van der Waals surface area contributed by atoms with Gasteiger partial charge >= 0.3 is 0 Å². The highest BCUT2D eigenvalue weighted by Gasteiger charge is 2.58. The van der Waals surface area contributed by atoms with Crippen molar-refractivity contribution in [3.05, 3.63) is 132 Å². The second-order valence-electron chi connectivity index (χ2n) is 14.1. The molecule has 288 valence electrons. The first kappa shape index (κ1) is 37.9. The molecule has 1 saturated carbocycles. The zero-order valence-electron chi connectivity index (χ0n) is 31.6. The molecule has 0 aliphatic heterocycles. The van der Waals surface area contributed by atoms with Crippen molar-refractivity contribution in [2.75, 3.05) is 13.1 Å². The number of tetrazole rings is 2. The summed E-state index contributed by atoms with van der Waals surface area (Å²) in [6.07, 6.45) is 2.28. The SMILES string of the molecule is CCCN(Cc1ccc(Oc2ccccc2)cc1)C(=O)[C@@H]1[C@H](Cc2nnn[nH]2)[C@@H](Cc2nnn[nH]2)[C@H]1C(=O)N(CCC)Cc1ccc(Oc2ccccc2)cc1. The number of carbonyl (C=O) groups excluding carboxylic acids is 2. The summed E-state index contributed by atoms with van der Waals surface area (Å²) in [5.74, 6) is 2.12. The normalized spacial score (nSPS) is 17.5. The van der Waals surface area contributed by atoms with Gasteiger partial charge in [-0.05, 0) is 105 Å². The van der Waals surface area contributed by atoms with Gasteiger partial charge in [0.2, 0.25) is 11.8 Å². The average Bonchev–Trinajstić information content (AvgIpc) is 3.95. The number of H-pyrrole nitrogens is 2. The van der Waals surface area contributed by atoms with Gasteiger partial charge in [-0.1, -0.05) is 74.5 Å². The second kappa shape index (κ2) is 18.3. The number of hydrogen-bond acceptors (Lipinski definition) is 10. The molecule has 2 N–H and O–H groups in total. The largest absolute Gasteiger partial charge is 0.457 e. The number of aromatic nitrogens is 8. The van der Waals surface area contributed by atoms with Crippen LogP contribution in [0.25, 0.3) is 0 Å². The van der Waals surface area contributed by atoms with Crippen molar-refractivity contribution in [2.24, 2.45) is 23.7 Å². The highest BCUT2D eigenvalue weighted by molar-refractivity contribution is 5.90. The molecule has 0 saturated heterocycles. The number of carbonyl (C=O) groups is 2. The molecule has 0 unspecified atom stereocenters. The molecular weight excluding hydrogens is 709 g/mol. The van der Waals surface area contributed by atoms with Crippen LogP contribution >= 0.6 is 0 Å². The molecule has 2 heterocycles. The number of para-hydroxylation sites is 2. The molecule has 1 aliphatic carbocycles. The van der Waals surface area contributed by atoms with Crippen LogP contribution in [0.15, 0.2) is 109 Å². The van der Waals surface area contributed by atoms with E-state index in [9.17, 15) is 9.59 Å². The smallest absolute Gasteiger partial charge is 0.227 e. The second-order valence-corrected chi connectivity index (χ2v) is 14.1. The molecule has 0 bridgehead atoms. The summed E-state index contributed by atoms with van der Waals surface area (Å²) in [6.45, 7) is 5.94. The van der Waals surface area contributed by atoms with E-state index < -0.39 is 11.8 Å². The quantitative estimate of drug-likeness (QED) is 0.0997. The van der Waals surface area contributed by atoms with Crippen molar-refractivity contribution < 1.29 is 19.1 Å². The fraction of sp³-hybridized carbons (Fsp3) is 0.333. The van der Waals surface area contributed by atoms with E-state index in [0.29, 0.717) is 62.2 Å². The van der Waals surface area contributed by atoms with Crippen molar-refractivity contribution >= 4 is 11.8 Å². The summed E-state index contributed by atoms with van der Waals surface area (Å²) in [5, 5.41) is 29.2. The molecule has 14 nitrogen and oxygen atoms in total. The van der Waals surface area contributed by atoms with Gasteiger partial charge in [-0.2, -0.15) is 0 Å². The maximum Gasteiger partial charge on any atom is 0.227 e. The average molecular weight is 755 g/mol. The Bertz CT molecular complexity index is 1950. The van der Waals surface area contributed by atoms with E-state index in [0.717, 1.165) is 35.5 Å². The topological polar surface area (TPSA) is 168 Å². The number of benzene rings is 4. The predicted molar refractivity (Wildman–Crippen MR) is 207 cm³/mol. The first-order chi connectivity index (χ1) is 27.5. The Balaban J connectivity index is 1.15. The Morgan fingerprint density at radius 1 is 0.554 bits per heavy atom. The van der Waals surface area contributed by atoms with Gasteiger partial charge in [0.05, 0.1) is 11.8 Å².